The molecule has 29 heavy (non-hydrogen) atoms. The number of anilines is 1. The molecular weight excluding hydrogens is 419 g/mol. The summed E-state index contributed by atoms with van der Waals surface area (Å²) in [6.07, 6.45) is 3.78. The van der Waals surface area contributed by atoms with Gasteiger partial charge in [0.1, 0.15) is 0 Å². The van der Waals surface area contributed by atoms with Crippen molar-refractivity contribution in [3.8, 4) is 11.3 Å². The second kappa shape index (κ2) is 8.67. The number of rotatable bonds is 7. The van der Waals surface area contributed by atoms with E-state index in [9.17, 15) is 0 Å². The lowest BCUT2D eigenvalue weighted by atomic mass is 10.1. The van der Waals surface area contributed by atoms with Crippen LogP contribution in [-0.2, 0) is 6.54 Å². The first-order valence-corrected chi connectivity index (χ1v) is 11.8. The summed E-state index contributed by atoms with van der Waals surface area (Å²) < 4.78 is 0. The Morgan fingerprint density at radius 1 is 1.10 bits per heavy atom. The zero-order valence-corrected chi connectivity index (χ0v) is 19.4. The average molecular weight is 445 g/mol. The molecule has 1 heterocycles. The molecule has 0 aliphatic heterocycles. The van der Waals surface area contributed by atoms with Crippen LogP contribution in [0, 0.1) is 19.8 Å². The van der Waals surface area contributed by atoms with Crippen LogP contribution in [-0.4, -0.2) is 11.0 Å². The molecule has 2 aromatic carbocycles. The van der Waals surface area contributed by atoms with Gasteiger partial charge >= 0.3 is 0 Å². The lowest BCUT2D eigenvalue weighted by molar-refractivity contribution is 0.513. The fourth-order valence-corrected chi connectivity index (χ4v) is 5.42. The maximum Gasteiger partial charge on any atom is 0.186 e. The van der Waals surface area contributed by atoms with E-state index in [0.29, 0.717) is 16.1 Å². The summed E-state index contributed by atoms with van der Waals surface area (Å²) in [4.78, 5) is 8.79. The number of aryl methyl sites for hydroxylation is 2. The van der Waals surface area contributed by atoms with E-state index in [0.717, 1.165) is 35.3 Å². The third-order valence-corrected chi connectivity index (χ3v) is 7.23. The van der Waals surface area contributed by atoms with Gasteiger partial charge in [-0.15, -0.1) is 11.3 Å². The van der Waals surface area contributed by atoms with Crippen molar-refractivity contribution in [3.63, 3.8) is 0 Å². The molecule has 0 spiro atoms. The van der Waals surface area contributed by atoms with Crippen LogP contribution in [0.4, 0.5) is 5.13 Å². The van der Waals surface area contributed by atoms with E-state index in [1.807, 2.05) is 12.1 Å². The number of halogens is 2. The van der Waals surface area contributed by atoms with Gasteiger partial charge in [0.25, 0.3) is 0 Å². The van der Waals surface area contributed by atoms with Crippen molar-refractivity contribution in [2.45, 2.75) is 52.6 Å². The Balaban J connectivity index is 1.71. The molecule has 0 radical (unpaired) electrons. The number of hydrogen-bond donors (Lipinski definition) is 0. The summed E-state index contributed by atoms with van der Waals surface area (Å²) in [5.41, 5.74) is 4.53. The zero-order valence-electron chi connectivity index (χ0n) is 17.1. The molecule has 1 atom stereocenters. The monoisotopic (exact) mass is 444 g/mol. The van der Waals surface area contributed by atoms with Crippen molar-refractivity contribution >= 4 is 39.7 Å². The Bertz CT molecular complexity index is 993. The van der Waals surface area contributed by atoms with Crippen LogP contribution < -0.4 is 4.90 Å². The lowest BCUT2D eigenvalue weighted by Gasteiger charge is -2.31. The number of benzene rings is 2. The van der Waals surface area contributed by atoms with Crippen LogP contribution in [0.2, 0.25) is 10.0 Å². The highest BCUT2D eigenvalue weighted by atomic mass is 35.5. The van der Waals surface area contributed by atoms with Crippen LogP contribution in [0.25, 0.3) is 11.3 Å². The second-order valence-corrected chi connectivity index (χ2v) is 9.98. The van der Waals surface area contributed by atoms with Crippen molar-refractivity contribution in [2.24, 2.45) is 5.92 Å². The molecule has 1 aliphatic rings. The van der Waals surface area contributed by atoms with E-state index in [2.05, 4.69) is 49.9 Å². The van der Waals surface area contributed by atoms with Crippen molar-refractivity contribution in [1.29, 1.82) is 0 Å². The highest BCUT2D eigenvalue weighted by molar-refractivity contribution is 7.16. The quantitative estimate of drug-likeness (QED) is 0.367. The van der Waals surface area contributed by atoms with E-state index < -0.39 is 0 Å². The van der Waals surface area contributed by atoms with Crippen LogP contribution in [0.15, 0.2) is 42.5 Å². The molecule has 1 aromatic heterocycles. The molecule has 1 unspecified atom stereocenters. The zero-order chi connectivity index (χ0) is 20.5. The van der Waals surface area contributed by atoms with E-state index in [4.69, 9.17) is 28.2 Å². The maximum absolute atomic E-state index is 6.49. The summed E-state index contributed by atoms with van der Waals surface area (Å²) in [5, 5.41) is 2.38. The number of hydrogen-bond acceptors (Lipinski definition) is 3. The minimum atomic E-state index is 0.524. The van der Waals surface area contributed by atoms with Crippen LogP contribution in [0.1, 0.15) is 42.2 Å². The molecule has 5 heteroatoms. The van der Waals surface area contributed by atoms with E-state index in [-0.39, 0.29) is 0 Å². The van der Waals surface area contributed by atoms with Gasteiger partial charge in [0, 0.05) is 28.0 Å². The van der Waals surface area contributed by atoms with Gasteiger partial charge in [-0.3, -0.25) is 0 Å². The fourth-order valence-electron chi connectivity index (χ4n) is 3.94. The smallest absolute Gasteiger partial charge is 0.186 e. The first-order valence-electron chi connectivity index (χ1n) is 10.2. The van der Waals surface area contributed by atoms with Crippen molar-refractivity contribution in [2.75, 3.05) is 4.90 Å². The number of aromatic nitrogens is 1. The van der Waals surface area contributed by atoms with Crippen LogP contribution >= 0.6 is 34.5 Å². The molecular formula is C24H26Cl2N2S. The van der Waals surface area contributed by atoms with E-state index in [1.54, 1.807) is 17.4 Å². The maximum atomic E-state index is 6.49. The Hall–Kier alpha value is -1.55. The minimum absolute atomic E-state index is 0.524. The Morgan fingerprint density at radius 2 is 1.83 bits per heavy atom. The van der Waals surface area contributed by atoms with Gasteiger partial charge in [0.2, 0.25) is 0 Å². The fraction of sp³-hybridized carbons (Fsp3) is 0.375. The predicted octanol–water partition coefficient (Wildman–Crippen LogP) is 7.93. The Morgan fingerprint density at radius 3 is 2.45 bits per heavy atom. The van der Waals surface area contributed by atoms with Gasteiger partial charge in [0.05, 0.1) is 10.7 Å². The molecule has 3 aromatic rings. The van der Waals surface area contributed by atoms with Crippen molar-refractivity contribution < 1.29 is 0 Å². The van der Waals surface area contributed by atoms with Crippen LogP contribution in [0.5, 0.6) is 0 Å². The lowest BCUT2D eigenvalue weighted by Crippen LogP contribution is -2.36. The van der Waals surface area contributed by atoms with Gasteiger partial charge in [-0.05, 0) is 62.8 Å². The largest absolute Gasteiger partial charge is 0.340 e. The van der Waals surface area contributed by atoms with Gasteiger partial charge in [-0.25, -0.2) is 4.98 Å². The van der Waals surface area contributed by atoms with Gasteiger partial charge in [-0.2, -0.15) is 0 Å². The third kappa shape index (κ3) is 4.63. The summed E-state index contributed by atoms with van der Waals surface area (Å²) in [6, 6.07) is 15.0. The summed E-state index contributed by atoms with van der Waals surface area (Å²) in [5.74, 6) is 0.775. The van der Waals surface area contributed by atoms with Gasteiger partial charge in [-0.1, -0.05) is 60.0 Å². The van der Waals surface area contributed by atoms with E-state index in [1.165, 1.54) is 28.8 Å². The molecule has 152 valence electrons. The number of nitrogens with zero attached hydrogens (tertiary/aromatic N) is 2. The topological polar surface area (TPSA) is 16.1 Å². The van der Waals surface area contributed by atoms with Crippen LogP contribution in [0.3, 0.4) is 0 Å². The normalized spacial score (nSPS) is 14.8. The molecule has 0 amide bonds. The molecule has 2 nitrogen and oxygen atoms in total. The predicted molar refractivity (Wildman–Crippen MR) is 126 cm³/mol. The average Bonchev–Trinajstić information content (AvgIpc) is 3.45. The minimum Gasteiger partial charge on any atom is -0.340 e. The van der Waals surface area contributed by atoms with Crippen molar-refractivity contribution in [1.82, 2.24) is 4.98 Å². The molecule has 0 N–H and O–H groups in total. The SMILES string of the molecule is CCC(C1CC1)N(Cc1ccc(C)cc1)c1nc(-c2ccc(Cl)cc2Cl)c(C)s1. The van der Waals surface area contributed by atoms with Gasteiger partial charge < -0.3 is 4.90 Å². The Kier molecular flexibility index (Phi) is 6.19. The summed E-state index contributed by atoms with van der Waals surface area (Å²) >= 11 is 14.3. The molecule has 1 fully saturated rings. The summed E-state index contributed by atoms with van der Waals surface area (Å²) in [7, 11) is 0. The highest BCUT2D eigenvalue weighted by Gasteiger charge is 2.35. The summed E-state index contributed by atoms with van der Waals surface area (Å²) in [6.45, 7) is 7.44. The Labute approximate surface area is 187 Å². The third-order valence-electron chi connectivity index (χ3n) is 5.68. The molecule has 0 saturated heterocycles. The van der Waals surface area contributed by atoms with E-state index >= 15 is 0 Å². The molecule has 0 bridgehead atoms. The van der Waals surface area contributed by atoms with Crippen molar-refractivity contribution in [3.05, 3.63) is 68.5 Å². The molecule has 1 aliphatic carbocycles. The molecule has 4 rings (SSSR count). The first kappa shape index (κ1) is 20.7. The second-order valence-electron chi connectivity index (χ2n) is 7.95. The first-order chi connectivity index (χ1) is 14.0. The highest BCUT2D eigenvalue weighted by Crippen LogP contribution is 2.42. The number of thiazole rings is 1. The molecule has 1 saturated carbocycles. The standard InChI is InChI=1S/C24H26Cl2N2S/c1-4-22(18-9-10-18)28(14-17-7-5-15(2)6-8-17)24-27-23(16(3)29-24)20-12-11-19(25)13-21(20)26/h5-8,11-13,18,22H,4,9-10,14H2,1-3H3. The van der Waals surface area contributed by atoms with Gasteiger partial charge in [0.15, 0.2) is 5.13 Å².